The van der Waals surface area contributed by atoms with Crippen molar-refractivity contribution in [3.8, 4) is 0 Å². The molecule has 1 N–H and O–H groups in total. The Kier molecular flexibility index (Phi) is 3.98. The van der Waals surface area contributed by atoms with Crippen LogP contribution in [0.5, 0.6) is 0 Å². The molecule has 3 heterocycles. The fraction of sp³-hybridized carbons (Fsp3) is 0.412. The number of nitrogens with one attached hydrogen (secondary N) is 1. The fourth-order valence-corrected chi connectivity index (χ4v) is 3.01. The first-order valence-electron chi connectivity index (χ1n) is 7.87. The molecule has 23 heavy (non-hydrogen) atoms. The van der Waals surface area contributed by atoms with Gasteiger partial charge in [-0.25, -0.2) is 15.0 Å². The van der Waals surface area contributed by atoms with Crippen molar-refractivity contribution in [3.05, 3.63) is 40.6 Å². The van der Waals surface area contributed by atoms with Crippen molar-refractivity contribution in [2.45, 2.75) is 47.7 Å². The summed E-state index contributed by atoms with van der Waals surface area (Å²) in [5.41, 5.74) is 6.31. The van der Waals surface area contributed by atoms with Gasteiger partial charge in [0, 0.05) is 30.0 Å². The number of rotatable bonds is 4. The van der Waals surface area contributed by atoms with E-state index in [4.69, 9.17) is 0 Å². The SMILES string of the molecule is CCn1nc(C)c(CNc2ncnc3nc(C)cc(C)c23)c1C. The zero-order valence-electron chi connectivity index (χ0n) is 14.3. The first-order chi connectivity index (χ1) is 11.0. The van der Waals surface area contributed by atoms with Crippen molar-refractivity contribution in [3.63, 3.8) is 0 Å². The Bertz CT molecular complexity index is 865. The molecule has 0 bridgehead atoms. The van der Waals surface area contributed by atoms with Gasteiger partial charge < -0.3 is 5.32 Å². The monoisotopic (exact) mass is 310 g/mol. The number of aromatic nitrogens is 5. The minimum Gasteiger partial charge on any atom is -0.365 e. The van der Waals surface area contributed by atoms with Gasteiger partial charge in [-0.3, -0.25) is 4.68 Å². The Hall–Kier alpha value is -2.50. The van der Waals surface area contributed by atoms with Crippen LogP contribution in [0.4, 0.5) is 5.82 Å². The molecule has 0 saturated carbocycles. The van der Waals surface area contributed by atoms with E-state index >= 15 is 0 Å². The molecule has 6 heteroatoms. The summed E-state index contributed by atoms with van der Waals surface area (Å²) in [5.74, 6) is 0.822. The molecule has 3 aromatic heterocycles. The van der Waals surface area contributed by atoms with Gasteiger partial charge >= 0.3 is 0 Å². The van der Waals surface area contributed by atoms with Crippen molar-refractivity contribution in [2.75, 3.05) is 5.32 Å². The summed E-state index contributed by atoms with van der Waals surface area (Å²) in [5, 5.41) is 8.99. The molecule has 3 rings (SSSR count). The highest BCUT2D eigenvalue weighted by Crippen LogP contribution is 2.23. The summed E-state index contributed by atoms with van der Waals surface area (Å²) < 4.78 is 2.03. The second-order valence-corrected chi connectivity index (χ2v) is 5.82. The molecule has 120 valence electrons. The summed E-state index contributed by atoms with van der Waals surface area (Å²) in [4.78, 5) is 13.2. The van der Waals surface area contributed by atoms with E-state index in [0.717, 1.165) is 40.3 Å². The van der Waals surface area contributed by atoms with Crippen LogP contribution in [0.15, 0.2) is 12.4 Å². The number of hydrogen-bond acceptors (Lipinski definition) is 5. The molecule has 0 aliphatic rings. The normalized spacial score (nSPS) is 11.2. The second kappa shape index (κ2) is 5.95. The number of aryl methyl sites for hydroxylation is 4. The van der Waals surface area contributed by atoms with E-state index in [1.54, 1.807) is 6.33 Å². The third-order valence-electron chi connectivity index (χ3n) is 4.19. The van der Waals surface area contributed by atoms with Gasteiger partial charge in [-0.15, -0.1) is 0 Å². The van der Waals surface area contributed by atoms with Crippen molar-refractivity contribution >= 4 is 16.9 Å². The van der Waals surface area contributed by atoms with E-state index in [9.17, 15) is 0 Å². The van der Waals surface area contributed by atoms with Crippen molar-refractivity contribution < 1.29 is 0 Å². The maximum atomic E-state index is 4.56. The first kappa shape index (κ1) is 15.4. The third kappa shape index (κ3) is 2.76. The van der Waals surface area contributed by atoms with Crippen molar-refractivity contribution in [2.24, 2.45) is 0 Å². The van der Waals surface area contributed by atoms with E-state index in [2.05, 4.69) is 52.2 Å². The molecule has 0 fully saturated rings. The van der Waals surface area contributed by atoms with Gasteiger partial charge in [-0.1, -0.05) is 0 Å². The van der Waals surface area contributed by atoms with Gasteiger partial charge in [0.2, 0.25) is 0 Å². The maximum Gasteiger partial charge on any atom is 0.165 e. The Balaban J connectivity index is 1.95. The minimum absolute atomic E-state index is 0.692. The van der Waals surface area contributed by atoms with E-state index in [0.29, 0.717) is 6.54 Å². The second-order valence-electron chi connectivity index (χ2n) is 5.82. The summed E-state index contributed by atoms with van der Waals surface area (Å²) in [6, 6.07) is 2.06. The molecule has 0 spiro atoms. The number of anilines is 1. The van der Waals surface area contributed by atoms with Crippen LogP contribution in [0.25, 0.3) is 11.0 Å². The molecule has 0 radical (unpaired) electrons. The Labute approximate surface area is 136 Å². The highest BCUT2D eigenvalue weighted by atomic mass is 15.3. The largest absolute Gasteiger partial charge is 0.365 e. The van der Waals surface area contributed by atoms with Gasteiger partial charge in [0.15, 0.2) is 5.65 Å². The number of hydrogen-bond donors (Lipinski definition) is 1. The zero-order chi connectivity index (χ0) is 16.6. The van der Waals surface area contributed by atoms with Crippen LogP contribution < -0.4 is 5.32 Å². The molecule has 0 aliphatic heterocycles. The highest BCUT2D eigenvalue weighted by molar-refractivity contribution is 5.89. The highest BCUT2D eigenvalue weighted by Gasteiger charge is 2.13. The number of nitrogens with zero attached hydrogens (tertiary/aromatic N) is 5. The Morgan fingerprint density at radius 1 is 1.13 bits per heavy atom. The quantitative estimate of drug-likeness (QED) is 0.802. The topological polar surface area (TPSA) is 68.5 Å². The van der Waals surface area contributed by atoms with Crippen LogP contribution in [0.3, 0.4) is 0 Å². The molecule has 0 aromatic carbocycles. The Morgan fingerprint density at radius 3 is 2.61 bits per heavy atom. The number of fused-ring (bicyclic) bond motifs is 1. The lowest BCUT2D eigenvalue weighted by Gasteiger charge is -2.11. The lowest BCUT2D eigenvalue weighted by Crippen LogP contribution is -2.06. The van der Waals surface area contributed by atoms with Crippen LogP contribution in [-0.2, 0) is 13.1 Å². The Morgan fingerprint density at radius 2 is 1.91 bits per heavy atom. The van der Waals surface area contributed by atoms with E-state index in [1.165, 1.54) is 11.3 Å². The van der Waals surface area contributed by atoms with Crippen LogP contribution >= 0.6 is 0 Å². The molecule has 3 aromatic rings. The molecular weight excluding hydrogens is 288 g/mol. The summed E-state index contributed by atoms with van der Waals surface area (Å²) >= 11 is 0. The van der Waals surface area contributed by atoms with E-state index in [-0.39, 0.29) is 0 Å². The van der Waals surface area contributed by atoms with Gasteiger partial charge in [0.05, 0.1) is 11.1 Å². The van der Waals surface area contributed by atoms with Crippen LogP contribution in [0.1, 0.15) is 35.1 Å². The third-order valence-corrected chi connectivity index (χ3v) is 4.19. The minimum atomic E-state index is 0.692. The lowest BCUT2D eigenvalue weighted by atomic mass is 10.1. The maximum absolute atomic E-state index is 4.56. The summed E-state index contributed by atoms with van der Waals surface area (Å²) in [6.45, 7) is 11.9. The van der Waals surface area contributed by atoms with Crippen LogP contribution in [-0.4, -0.2) is 24.7 Å². The smallest absolute Gasteiger partial charge is 0.165 e. The number of pyridine rings is 1. The molecule has 0 atom stereocenters. The molecular formula is C17H22N6. The molecule has 6 nitrogen and oxygen atoms in total. The van der Waals surface area contributed by atoms with Crippen LogP contribution in [0.2, 0.25) is 0 Å². The van der Waals surface area contributed by atoms with Gasteiger partial charge in [-0.2, -0.15) is 5.10 Å². The predicted molar refractivity (Wildman–Crippen MR) is 91.5 cm³/mol. The fourth-order valence-electron chi connectivity index (χ4n) is 3.01. The molecule has 0 saturated heterocycles. The summed E-state index contributed by atoms with van der Waals surface area (Å²) in [7, 11) is 0. The van der Waals surface area contributed by atoms with Gasteiger partial charge in [-0.05, 0) is 46.2 Å². The average Bonchev–Trinajstić information content (AvgIpc) is 2.78. The molecule has 0 unspecified atom stereocenters. The van der Waals surface area contributed by atoms with E-state index in [1.807, 2.05) is 18.5 Å². The van der Waals surface area contributed by atoms with Crippen molar-refractivity contribution in [1.29, 1.82) is 0 Å². The molecule has 0 aliphatic carbocycles. The van der Waals surface area contributed by atoms with Crippen molar-refractivity contribution in [1.82, 2.24) is 24.7 Å². The van der Waals surface area contributed by atoms with Crippen LogP contribution in [0, 0.1) is 27.7 Å². The predicted octanol–water partition coefficient (Wildman–Crippen LogP) is 3.09. The van der Waals surface area contributed by atoms with E-state index < -0.39 is 0 Å². The average molecular weight is 310 g/mol. The molecule has 0 amide bonds. The van der Waals surface area contributed by atoms with Gasteiger partial charge in [0.25, 0.3) is 0 Å². The summed E-state index contributed by atoms with van der Waals surface area (Å²) in [6.07, 6.45) is 1.56. The lowest BCUT2D eigenvalue weighted by molar-refractivity contribution is 0.633. The first-order valence-corrected chi connectivity index (χ1v) is 7.87. The zero-order valence-corrected chi connectivity index (χ0v) is 14.3. The standard InChI is InChI=1S/C17H22N6/c1-6-23-13(5)14(12(4)22-23)8-18-16-15-10(2)7-11(3)21-17(15)20-9-19-16/h7,9H,6,8H2,1-5H3,(H,18,19,20,21). The van der Waals surface area contributed by atoms with Gasteiger partial charge in [0.1, 0.15) is 12.1 Å².